The molecule has 0 amide bonds. The molecule has 2 aromatic rings. The van der Waals surface area contributed by atoms with Gasteiger partial charge in [-0.25, -0.2) is 13.4 Å². The van der Waals surface area contributed by atoms with E-state index in [-0.39, 0.29) is 16.8 Å². The molecule has 1 aromatic carbocycles. The molecule has 1 atom stereocenters. The van der Waals surface area contributed by atoms with Crippen LogP contribution in [0, 0.1) is 0 Å². The van der Waals surface area contributed by atoms with Crippen LogP contribution < -0.4 is 0 Å². The summed E-state index contributed by atoms with van der Waals surface area (Å²) in [5, 5.41) is 9.58. The lowest BCUT2D eigenvalue weighted by Crippen LogP contribution is -2.33. The maximum absolute atomic E-state index is 12.5. The third-order valence-electron chi connectivity index (χ3n) is 3.16. The van der Waals surface area contributed by atoms with Crippen molar-refractivity contribution >= 4 is 10.0 Å². The minimum absolute atomic E-state index is 0.0614. The maximum atomic E-state index is 12.5. The van der Waals surface area contributed by atoms with Crippen molar-refractivity contribution in [2.45, 2.75) is 24.9 Å². The number of H-pyrrole nitrogens is 1. The summed E-state index contributed by atoms with van der Waals surface area (Å²) >= 11 is 0. The molecule has 1 unspecified atom stereocenters. The third-order valence-corrected chi connectivity index (χ3v) is 5.13. The monoisotopic (exact) mass is 295 g/mol. The van der Waals surface area contributed by atoms with Crippen LogP contribution in [0.1, 0.15) is 25.5 Å². The highest BCUT2D eigenvalue weighted by molar-refractivity contribution is 7.89. The number of aromatic hydroxyl groups is 1. The highest BCUT2D eigenvalue weighted by atomic mass is 32.2. The molecule has 0 aliphatic carbocycles. The SMILES string of the molecule is CCN(C(C)c1cccc(O)c1)S(=O)(=O)c1cnc[nH]1. The van der Waals surface area contributed by atoms with E-state index in [0.717, 1.165) is 5.56 Å². The fourth-order valence-electron chi connectivity index (χ4n) is 2.11. The van der Waals surface area contributed by atoms with Gasteiger partial charge in [0.25, 0.3) is 10.0 Å². The van der Waals surface area contributed by atoms with Crippen molar-refractivity contribution in [3.63, 3.8) is 0 Å². The summed E-state index contributed by atoms with van der Waals surface area (Å²) in [6.45, 7) is 3.87. The fourth-order valence-corrected chi connectivity index (χ4v) is 3.64. The second kappa shape index (κ2) is 5.64. The van der Waals surface area contributed by atoms with Crippen molar-refractivity contribution in [3.05, 3.63) is 42.4 Å². The molecule has 0 aliphatic heterocycles. The first-order chi connectivity index (χ1) is 9.46. The summed E-state index contributed by atoms with van der Waals surface area (Å²) in [6, 6.07) is 6.21. The summed E-state index contributed by atoms with van der Waals surface area (Å²) in [4.78, 5) is 6.37. The topological polar surface area (TPSA) is 86.3 Å². The summed E-state index contributed by atoms with van der Waals surface area (Å²) in [6.07, 6.45) is 2.62. The normalized spacial score (nSPS) is 13.6. The van der Waals surface area contributed by atoms with Gasteiger partial charge in [0.1, 0.15) is 5.75 Å². The van der Waals surface area contributed by atoms with Gasteiger partial charge in [-0.3, -0.25) is 0 Å². The third kappa shape index (κ3) is 2.68. The van der Waals surface area contributed by atoms with Crippen molar-refractivity contribution in [1.82, 2.24) is 14.3 Å². The van der Waals surface area contributed by atoms with E-state index < -0.39 is 10.0 Å². The van der Waals surface area contributed by atoms with Gasteiger partial charge in [-0.05, 0) is 24.6 Å². The summed E-state index contributed by atoms with van der Waals surface area (Å²) in [5.74, 6) is 0.115. The van der Waals surface area contributed by atoms with E-state index in [1.807, 2.05) is 0 Å². The number of imidazole rings is 1. The molecule has 0 fully saturated rings. The number of rotatable bonds is 5. The molecule has 0 saturated heterocycles. The van der Waals surface area contributed by atoms with Gasteiger partial charge >= 0.3 is 0 Å². The number of aromatic amines is 1. The number of nitrogens with one attached hydrogen (secondary N) is 1. The zero-order valence-corrected chi connectivity index (χ0v) is 12.1. The molecule has 0 aliphatic rings. The van der Waals surface area contributed by atoms with E-state index in [1.165, 1.54) is 16.8 Å². The quantitative estimate of drug-likeness (QED) is 0.882. The molecule has 1 aromatic heterocycles. The molecule has 0 bridgehead atoms. The van der Waals surface area contributed by atoms with Crippen molar-refractivity contribution < 1.29 is 13.5 Å². The second-order valence-corrected chi connectivity index (χ2v) is 6.25. The Bertz CT molecular complexity index is 668. The van der Waals surface area contributed by atoms with Crippen LogP contribution in [0.25, 0.3) is 0 Å². The lowest BCUT2D eigenvalue weighted by molar-refractivity contribution is 0.354. The molecule has 2 N–H and O–H groups in total. The van der Waals surface area contributed by atoms with E-state index in [4.69, 9.17) is 0 Å². The van der Waals surface area contributed by atoms with Gasteiger partial charge in [0.2, 0.25) is 0 Å². The molecule has 2 rings (SSSR count). The molecule has 0 spiro atoms. The van der Waals surface area contributed by atoms with Crippen molar-refractivity contribution in [3.8, 4) is 5.75 Å². The molecule has 6 nitrogen and oxygen atoms in total. The predicted octanol–water partition coefficient (Wildman–Crippen LogP) is 1.89. The van der Waals surface area contributed by atoms with Crippen LogP contribution in [0.2, 0.25) is 0 Å². The average molecular weight is 295 g/mol. The van der Waals surface area contributed by atoms with Crippen molar-refractivity contribution in [2.24, 2.45) is 0 Å². The molecule has 108 valence electrons. The number of phenols is 1. The largest absolute Gasteiger partial charge is 0.508 e. The first kappa shape index (κ1) is 14.5. The summed E-state index contributed by atoms with van der Waals surface area (Å²) in [5.41, 5.74) is 0.731. The summed E-state index contributed by atoms with van der Waals surface area (Å²) in [7, 11) is -3.63. The number of hydrogen-bond acceptors (Lipinski definition) is 4. The van der Waals surface area contributed by atoms with Gasteiger partial charge in [0.05, 0.1) is 12.5 Å². The fraction of sp³-hybridized carbons (Fsp3) is 0.308. The highest BCUT2D eigenvalue weighted by Crippen LogP contribution is 2.27. The molecule has 20 heavy (non-hydrogen) atoms. The van der Waals surface area contributed by atoms with Crippen LogP contribution in [-0.4, -0.2) is 34.3 Å². The number of benzene rings is 1. The number of phenolic OH excluding ortho intramolecular Hbond substituents is 1. The minimum Gasteiger partial charge on any atom is -0.508 e. The van der Waals surface area contributed by atoms with Crippen LogP contribution in [0.5, 0.6) is 5.75 Å². The van der Waals surface area contributed by atoms with Gasteiger partial charge in [-0.1, -0.05) is 19.1 Å². The Morgan fingerprint density at radius 3 is 2.75 bits per heavy atom. The molecule has 0 radical (unpaired) electrons. The number of hydrogen-bond donors (Lipinski definition) is 2. The van der Waals surface area contributed by atoms with Gasteiger partial charge in [-0.15, -0.1) is 0 Å². The van der Waals surface area contributed by atoms with E-state index in [1.54, 1.807) is 38.1 Å². The highest BCUT2D eigenvalue weighted by Gasteiger charge is 2.29. The van der Waals surface area contributed by atoms with Gasteiger partial charge in [0, 0.05) is 12.6 Å². The lowest BCUT2D eigenvalue weighted by Gasteiger charge is -2.26. The van der Waals surface area contributed by atoms with E-state index in [0.29, 0.717) is 6.54 Å². The Kier molecular flexibility index (Phi) is 4.10. The van der Waals surface area contributed by atoms with Crippen LogP contribution >= 0.6 is 0 Å². The van der Waals surface area contributed by atoms with Crippen LogP contribution in [0.4, 0.5) is 0 Å². The average Bonchev–Trinajstić information content (AvgIpc) is 2.93. The minimum atomic E-state index is -3.63. The smallest absolute Gasteiger partial charge is 0.260 e. The summed E-state index contributed by atoms with van der Waals surface area (Å²) < 4.78 is 26.4. The van der Waals surface area contributed by atoms with Gasteiger partial charge in [-0.2, -0.15) is 4.31 Å². The Balaban J connectivity index is 2.38. The number of aromatic nitrogens is 2. The Morgan fingerprint density at radius 2 is 2.20 bits per heavy atom. The van der Waals surface area contributed by atoms with Crippen molar-refractivity contribution in [1.29, 1.82) is 0 Å². The van der Waals surface area contributed by atoms with Gasteiger partial charge in [0.15, 0.2) is 5.03 Å². The molecular formula is C13H17N3O3S. The van der Waals surface area contributed by atoms with Crippen LogP contribution in [0.3, 0.4) is 0 Å². The van der Waals surface area contributed by atoms with E-state index in [9.17, 15) is 13.5 Å². The first-order valence-corrected chi connectivity index (χ1v) is 7.70. The lowest BCUT2D eigenvalue weighted by atomic mass is 10.1. The zero-order chi connectivity index (χ0) is 14.8. The maximum Gasteiger partial charge on any atom is 0.260 e. The standard InChI is InChI=1S/C13H17N3O3S/c1-3-16(20(18,19)13-8-14-9-15-13)10(2)11-5-4-6-12(17)7-11/h4-10,17H,3H2,1-2H3,(H,14,15). The number of sulfonamides is 1. The van der Waals surface area contributed by atoms with Crippen molar-refractivity contribution in [2.75, 3.05) is 6.54 Å². The van der Waals surface area contributed by atoms with Crippen LogP contribution in [-0.2, 0) is 10.0 Å². The van der Waals surface area contributed by atoms with E-state index >= 15 is 0 Å². The van der Waals surface area contributed by atoms with Gasteiger partial charge < -0.3 is 10.1 Å². The first-order valence-electron chi connectivity index (χ1n) is 6.26. The predicted molar refractivity (Wildman–Crippen MR) is 74.7 cm³/mol. The van der Waals surface area contributed by atoms with E-state index in [2.05, 4.69) is 9.97 Å². The molecule has 7 heteroatoms. The Hall–Kier alpha value is -1.86. The second-order valence-electron chi connectivity index (χ2n) is 4.40. The molecule has 0 saturated carbocycles. The van der Waals surface area contributed by atoms with Crippen LogP contribution in [0.15, 0.2) is 41.8 Å². The molecule has 1 heterocycles. The zero-order valence-electron chi connectivity index (χ0n) is 11.3. The Morgan fingerprint density at radius 1 is 1.45 bits per heavy atom. The molecular weight excluding hydrogens is 278 g/mol. The number of nitrogens with zero attached hydrogens (tertiary/aromatic N) is 2. The Labute approximate surface area is 118 Å².